The Hall–Kier alpha value is -1.86. The van der Waals surface area contributed by atoms with E-state index in [1.807, 2.05) is 24.3 Å². The monoisotopic (exact) mass is 442 g/mol. The van der Waals surface area contributed by atoms with E-state index in [9.17, 15) is 4.55 Å². The number of thiophene rings is 2. The standard InChI is InChI=1S/C23H26N2OS3/c1-3-5-14-29(26,4-2)23-21(24)20-17(16-10-7-6-8-11-16)15-18(25-22(20)28-23)19-12-9-13-27-19/h6-13,15,26H,3-5,14,24H2,1-2H3. The van der Waals surface area contributed by atoms with E-state index in [2.05, 4.69) is 43.5 Å². The van der Waals surface area contributed by atoms with Crippen molar-refractivity contribution in [1.29, 1.82) is 0 Å². The lowest BCUT2D eigenvalue weighted by atomic mass is 10.0. The van der Waals surface area contributed by atoms with Crippen molar-refractivity contribution >= 4 is 48.9 Å². The summed E-state index contributed by atoms with van der Waals surface area (Å²) in [7, 11) is -1.92. The van der Waals surface area contributed by atoms with Crippen molar-refractivity contribution in [3.63, 3.8) is 0 Å². The van der Waals surface area contributed by atoms with Gasteiger partial charge in [-0.2, -0.15) is 0 Å². The summed E-state index contributed by atoms with van der Waals surface area (Å²) < 4.78 is 12.4. The predicted molar refractivity (Wildman–Crippen MR) is 132 cm³/mol. The zero-order valence-electron chi connectivity index (χ0n) is 16.7. The van der Waals surface area contributed by atoms with E-state index >= 15 is 0 Å². The van der Waals surface area contributed by atoms with Crippen molar-refractivity contribution in [3.8, 4) is 21.7 Å². The molecule has 0 amide bonds. The molecule has 4 rings (SSSR count). The zero-order chi connectivity index (χ0) is 20.4. The number of hydrogen-bond donors (Lipinski definition) is 2. The average Bonchev–Trinajstić information content (AvgIpc) is 3.41. The molecule has 29 heavy (non-hydrogen) atoms. The van der Waals surface area contributed by atoms with Crippen LogP contribution < -0.4 is 5.73 Å². The summed E-state index contributed by atoms with van der Waals surface area (Å²) in [5, 5.41) is 3.05. The molecule has 0 saturated carbocycles. The number of rotatable bonds is 7. The number of nitrogen functional groups attached to an aromatic ring is 1. The number of aromatic nitrogens is 1. The summed E-state index contributed by atoms with van der Waals surface area (Å²) in [5.41, 5.74) is 10.6. The fourth-order valence-corrected chi connectivity index (χ4v) is 8.54. The Bertz CT molecular complexity index is 1110. The van der Waals surface area contributed by atoms with Crippen LogP contribution in [0.15, 0.2) is 58.1 Å². The van der Waals surface area contributed by atoms with Crippen molar-refractivity contribution in [1.82, 2.24) is 4.98 Å². The number of nitrogens with two attached hydrogens (primary N) is 1. The summed E-state index contributed by atoms with van der Waals surface area (Å²) in [6.45, 7) is 4.23. The van der Waals surface area contributed by atoms with Gasteiger partial charge in [0, 0.05) is 16.9 Å². The number of nitrogens with zero attached hydrogens (tertiary/aromatic N) is 1. The molecular formula is C23H26N2OS3. The largest absolute Gasteiger partial charge is 0.397 e. The minimum atomic E-state index is -1.92. The second kappa shape index (κ2) is 8.48. The maximum atomic E-state index is 11.5. The Balaban J connectivity index is 1.98. The maximum Gasteiger partial charge on any atom is 0.127 e. The lowest BCUT2D eigenvalue weighted by Gasteiger charge is -2.32. The number of hydrogen-bond acceptors (Lipinski definition) is 5. The van der Waals surface area contributed by atoms with Gasteiger partial charge in [0.1, 0.15) is 4.83 Å². The van der Waals surface area contributed by atoms with Crippen LogP contribution in [0.2, 0.25) is 0 Å². The minimum Gasteiger partial charge on any atom is -0.397 e. The van der Waals surface area contributed by atoms with Crippen molar-refractivity contribution in [3.05, 3.63) is 53.9 Å². The third-order valence-electron chi connectivity index (χ3n) is 5.18. The molecule has 3 N–H and O–H groups in total. The normalized spacial score (nSPS) is 14.7. The summed E-state index contributed by atoms with van der Waals surface area (Å²) in [4.78, 5) is 7.02. The first-order chi connectivity index (χ1) is 14.1. The Labute approximate surface area is 181 Å². The quantitative estimate of drug-likeness (QED) is 0.308. The van der Waals surface area contributed by atoms with Crippen LogP contribution in [-0.4, -0.2) is 21.0 Å². The molecule has 0 aliphatic heterocycles. The molecule has 0 aliphatic carbocycles. The number of pyridine rings is 1. The number of benzene rings is 1. The molecule has 1 unspecified atom stereocenters. The Morgan fingerprint density at radius 1 is 1.10 bits per heavy atom. The van der Waals surface area contributed by atoms with Crippen LogP contribution in [0, 0.1) is 0 Å². The van der Waals surface area contributed by atoms with Crippen LogP contribution in [0.1, 0.15) is 26.7 Å². The molecular weight excluding hydrogens is 416 g/mol. The van der Waals surface area contributed by atoms with Gasteiger partial charge in [-0.1, -0.05) is 56.7 Å². The third kappa shape index (κ3) is 3.82. The molecule has 0 spiro atoms. The molecule has 4 aromatic rings. The van der Waals surface area contributed by atoms with Gasteiger partial charge < -0.3 is 10.3 Å². The highest BCUT2D eigenvalue weighted by atomic mass is 32.3. The molecule has 6 heteroatoms. The summed E-state index contributed by atoms with van der Waals surface area (Å²) in [6.07, 6.45) is 2.07. The number of anilines is 1. The van der Waals surface area contributed by atoms with Gasteiger partial charge in [-0.25, -0.2) is 4.98 Å². The van der Waals surface area contributed by atoms with E-state index < -0.39 is 10.3 Å². The lowest BCUT2D eigenvalue weighted by Crippen LogP contribution is -2.08. The second-order valence-electron chi connectivity index (χ2n) is 7.07. The predicted octanol–water partition coefficient (Wildman–Crippen LogP) is 7.73. The first-order valence-electron chi connectivity index (χ1n) is 9.91. The highest BCUT2D eigenvalue weighted by Crippen LogP contribution is 2.60. The number of fused-ring (bicyclic) bond motifs is 1. The smallest absolute Gasteiger partial charge is 0.127 e. The van der Waals surface area contributed by atoms with Crippen LogP contribution in [0.25, 0.3) is 31.9 Å². The van der Waals surface area contributed by atoms with Crippen LogP contribution >= 0.6 is 33.0 Å². The molecule has 1 atom stereocenters. The van der Waals surface area contributed by atoms with Gasteiger partial charge >= 0.3 is 0 Å². The van der Waals surface area contributed by atoms with Gasteiger partial charge in [0.2, 0.25) is 0 Å². The van der Waals surface area contributed by atoms with Crippen molar-refractivity contribution < 1.29 is 4.55 Å². The molecule has 0 aliphatic rings. The first kappa shape index (κ1) is 20.4. The van der Waals surface area contributed by atoms with Crippen LogP contribution in [-0.2, 0) is 0 Å². The first-order valence-corrected chi connectivity index (χ1v) is 13.5. The van der Waals surface area contributed by atoms with E-state index in [-0.39, 0.29) is 0 Å². The van der Waals surface area contributed by atoms with Crippen LogP contribution in [0.5, 0.6) is 0 Å². The van der Waals surface area contributed by atoms with E-state index in [0.717, 1.165) is 60.5 Å². The SMILES string of the molecule is CCCCS(O)(CC)c1sc2nc(-c3cccs3)cc(-c3ccccc3)c2c1N. The van der Waals surface area contributed by atoms with Gasteiger partial charge in [-0.3, -0.25) is 0 Å². The van der Waals surface area contributed by atoms with Crippen LogP contribution in [0.3, 0.4) is 0 Å². The average molecular weight is 443 g/mol. The maximum absolute atomic E-state index is 11.5. The molecule has 3 nitrogen and oxygen atoms in total. The van der Waals surface area contributed by atoms with Gasteiger partial charge in [0.15, 0.2) is 0 Å². The third-order valence-corrected chi connectivity index (χ3v) is 11.0. The Morgan fingerprint density at radius 3 is 2.55 bits per heavy atom. The highest BCUT2D eigenvalue weighted by Gasteiger charge is 2.29. The van der Waals surface area contributed by atoms with Crippen LogP contribution in [0.4, 0.5) is 5.69 Å². The summed E-state index contributed by atoms with van der Waals surface area (Å²) >= 11 is 3.27. The molecule has 1 aromatic carbocycles. The van der Waals surface area contributed by atoms with Crippen molar-refractivity contribution in [2.24, 2.45) is 0 Å². The van der Waals surface area contributed by atoms with Gasteiger partial charge in [-0.15, -0.1) is 33.0 Å². The number of unbranched alkanes of at least 4 members (excludes halogenated alkanes) is 1. The zero-order valence-corrected chi connectivity index (χ0v) is 19.2. The molecule has 152 valence electrons. The summed E-state index contributed by atoms with van der Waals surface area (Å²) in [6, 6.07) is 16.6. The topological polar surface area (TPSA) is 59.1 Å². The molecule has 3 aromatic heterocycles. The van der Waals surface area contributed by atoms with E-state index in [4.69, 9.17) is 10.7 Å². The van der Waals surface area contributed by atoms with Crippen molar-refractivity contribution in [2.45, 2.75) is 30.9 Å². The molecule has 3 heterocycles. The van der Waals surface area contributed by atoms with E-state index in [1.165, 1.54) is 0 Å². The highest BCUT2D eigenvalue weighted by molar-refractivity contribution is 8.30. The molecule has 0 radical (unpaired) electrons. The molecule has 0 fully saturated rings. The summed E-state index contributed by atoms with van der Waals surface area (Å²) in [5.74, 6) is 1.53. The Kier molecular flexibility index (Phi) is 5.97. The second-order valence-corrected chi connectivity index (χ2v) is 12.4. The molecule has 0 bridgehead atoms. The van der Waals surface area contributed by atoms with E-state index in [0.29, 0.717) is 5.69 Å². The van der Waals surface area contributed by atoms with Gasteiger partial charge in [0.25, 0.3) is 0 Å². The van der Waals surface area contributed by atoms with E-state index in [1.54, 1.807) is 22.7 Å². The Morgan fingerprint density at radius 2 is 1.90 bits per heavy atom. The fraction of sp³-hybridized carbons (Fsp3) is 0.261. The van der Waals surface area contributed by atoms with Crippen molar-refractivity contribution in [2.75, 3.05) is 17.2 Å². The molecule has 0 saturated heterocycles. The van der Waals surface area contributed by atoms with Gasteiger partial charge in [0.05, 0.1) is 20.5 Å². The fourth-order valence-electron chi connectivity index (χ4n) is 3.53. The minimum absolute atomic E-state index is 0.713. The van der Waals surface area contributed by atoms with Gasteiger partial charge in [-0.05, 0) is 35.1 Å². The lowest BCUT2D eigenvalue weighted by molar-refractivity contribution is 0.623.